The normalized spacial score (nSPS) is 11.1. The van der Waals surface area contributed by atoms with E-state index in [0.29, 0.717) is 0 Å². The molecule has 4 aromatic rings. The van der Waals surface area contributed by atoms with E-state index in [1.165, 1.54) is 21.6 Å². The summed E-state index contributed by atoms with van der Waals surface area (Å²) in [7, 11) is 0. The molecule has 28 heavy (non-hydrogen) atoms. The molecule has 4 nitrogen and oxygen atoms in total. The van der Waals surface area contributed by atoms with E-state index < -0.39 is 0 Å². The summed E-state index contributed by atoms with van der Waals surface area (Å²) in [5.41, 5.74) is 3.79. The Morgan fingerprint density at radius 1 is 0.964 bits per heavy atom. The van der Waals surface area contributed by atoms with Crippen LogP contribution in [0.3, 0.4) is 0 Å². The first-order valence-electron chi connectivity index (χ1n) is 9.73. The predicted molar refractivity (Wildman–Crippen MR) is 118 cm³/mol. The lowest BCUT2D eigenvalue weighted by atomic mass is 10.0. The van der Waals surface area contributed by atoms with Gasteiger partial charge in [-0.2, -0.15) is 0 Å². The number of anilines is 1. The lowest BCUT2D eigenvalue weighted by molar-refractivity contribution is 0.855. The van der Waals surface area contributed by atoms with Gasteiger partial charge in [-0.25, -0.2) is 9.97 Å². The van der Waals surface area contributed by atoms with Gasteiger partial charge in [-0.05, 0) is 54.7 Å². The fourth-order valence-corrected chi connectivity index (χ4v) is 4.18. The summed E-state index contributed by atoms with van der Waals surface area (Å²) in [6.45, 7) is 5.12. The lowest BCUT2D eigenvalue weighted by Crippen LogP contribution is -2.07. The van der Waals surface area contributed by atoms with Crippen LogP contribution in [0.25, 0.3) is 21.3 Å². The highest BCUT2D eigenvalue weighted by molar-refractivity contribution is 7.18. The minimum Gasteiger partial charge on any atom is -0.369 e. The molecule has 0 atom stereocenters. The van der Waals surface area contributed by atoms with Crippen molar-refractivity contribution in [2.45, 2.75) is 33.1 Å². The summed E-state index contributed by atoms with van der Waals surface area (Å²) in [5.74, 6) is 1.88. The van der Waals surface area contributed by atoms with E-state index in [4.69, 9.17) is 4.98 Å². The van der Waals surface area contributed by atoms with Crippen LogP contribution < -0.4 is 5.32 Å². The Morgan fingerprint density at radius 2 is 1.71 bits per heavy atom. The number of aryl methyl sites for hydroxylation is 3. The highest BCUT2D eigenvalue weighted by Gasteiger charge is 2.09. The SMILES string of the molecule is CCc1nc(NCCCc2ccc(-c3ccncc3)cc2)c2cc(C)sc2n1. The number of aromatic nitrogens is 3. The first-order valence-corrected chi connectivity index (χ1v) is 10.5. The molecule has 3 heterocycles. The van der Waals surface area contributed by atoms with Gasteiger partial charge in [-0.1, -0.05) is 31.2 Å². The number of hydrogen-bond acceptors (Lipinski definition) is 5. The zero-order chi connectivity index (χ0) is 19.3. The molecule has 0 radical (unpaired) electrons. The topological polar surface area (TPSA) is 50.7 Å². The second-order valence-electron chi connectivity index (χ2n) is 6.88. The van der Waals surface area contributed by atoms with Crippen LogP contribution in [-0.4, -0.2) is 21.5 Å². The molecular formula is C23H24N4S. The Morgan fingerprint density at radius 3 is 2.46 bits per heavy atom. The van der Waals surface area contributed by atoms with Gasteiger partial charge in [-0.15, -0.1) is 11.3 Å². The van der Waals surface area contributed by atoms with E-state index in [-0.39, 0.29) is 0 Å². The van der Waals surface area contributed by atoms with Crippen molar-refractivity contribution < 1.29 is 0 Å². The van der Waals surface area contributed by atoms with Crippen LogP contribution in [-0.2, 0) is 12.8 Å². The van der Waals surface area contributed by atoms with Crippen molar-refractivity contribution in [1.29, 1.82) is 0 Å². The van der Waals surface area contributed by atoms with E-state index in [0.717, 1.165) is 47.7 Å². The van der Waals surface area contributed by atoms with Crippen molar-refractivity contribution in [1.82, 2.24) is 15.0 Å². The molecule has 3 aromatic heterocycles. The van der Waals surface area contributed by atoms with Gasteiger partial charge in [-0.3, -0.25) is 4.98 Å². The van der Waals surface area contributed by atoms with Gasteiger partial charge in [0.25, 0.3) is 0 Å². The maximum atomic E-state index is 4.70. The molecule has 0 unspecified atom stereocenters. The van der Waals surface area contributed by atoms with Crippen molar-refractivity contribution in [2.24, 2.45) is 0 Å². The Labute approximate surface area is 169 Å². The molecule has 0 amide bonds. The van der Waals surface area contributed by atoms with Crippen molar-refractivity contribution in [3.05, 3.63) is 71.1 Å². The molecule has 1 N–H and O–H groups in total. The van der Waals surface area contributed by atoms with Crippen LogP contribution in [0.5, 0.6) is 0 Å². The average Bonchev–Trinajstić information content (AvgIpc) is 3.12. The summed E-state index contributed by atoms with van der Waals surface area (Å²) in [5, 5.41) is 4.67. The number of benzene rings is 1. The van der Waals surface area contributed by atoms with Gasteiger partial charge in [0, 0.05) is 30.2 Å². The predicted octanol–water partition coefficient (Wildman–Crippen LogP) is 5.67. The van der Waals surface area contributed by atoms with Gasteiger partial charge in [0.15, 0.2) is 0 Å². The molecule has 4 rings (SSSR count). The van der Waals surface area contributed by atoms with E-state index >= 15 is 0 Å². The summed E-state index contributed by atoms with van der Waals surface area (Å²) >= 11 is 1.74. The quantitative estimate of drug-likeness (QED) is 0.415. The number of nitrogens with zero attached hydrogens (tertiary/aromatic N) is 3. The molecule has 0 saturated heterocycles. The van der Waals surface area contributed by atoms with Crippen LogP contribution in [0.2, 0.25) is 0 Å². The number of pyridine rings is 1. The Bertz CT molecular complexity index is 1060. The fraction of sp³-hybridized carbons (Fsp3) is 0.261. The zero-order valence-electron chi connectivity index (χ0n) is 16.3. The fourth-order valence-electron chi connectivity index (χ4n) is 3.29. The molecule has 0 spiro atoms. The summed E-state index contributed by atoms with van der Waals surface area (Å²) in [6, 6.07) is 15.1. The molecule has 0 fully saturated rings. The highest BCUT2D eigenvalue weighted by Crippen LogP contribution is 2.28. The highest BCUT2D eigenvalue weighted by atomic mass is 32.1. The van der Waals surface area contributed by atoms with Gasteiger partial charge < -0.3 is 5.32 Å². The number of nitrogens with one attached hydrogen (secondary N) is 1. The molecule has 0 aliphatic rings. The van der Waals surface area contributed by atoms with Gasteiger partial charge in [0.2, 0.25) is 0 Å². The first-order chi connectivity index (χ1) is 13.7. The molecule has 0 saturated carbocycles. The van der Waals surface area contributed by atoms with Crippen LogP contribution in [0.1, 0.15) is 29.6 Å². The Kier molecular flexibility index (Phi) is 5.63. The van der Waals surface area contributed by atoms with E-state index in [2.05, 4.69) is 59.5 Å². The number of hydrogen-bond donors (Lipinski definition) is 1. The van der Waals surface area contributed by atoms with Crippen LogP contribution in [0.4, 0.5) is 5.82 Å². The smallest absolute Gasteiger partial charge is 0.138 e. The van der Waals surface area contributed by atoms with Gasteiger partial charge in [0.1, 0.15) is 16.5 Å². The monoisotopic (exact) mass is 388 g/mol. The summed E-state index contributed by atoms with van der Waals surface area (Å²) < 4.78 is 0. The molecule has 5 heteroatoms. The van der Waals surface area contributed by atoms with Gasteiger partial charge in [0.05, 0.1) is 5.39 Å². The average molecular weight is 389 g/mol. The minimum absolute atomic E-state index is 0.853. The largest absolute Gasteiger partial charge is 0.369 e. The van der Waals surface area contributed by atoms with Gasteiger partial charge >= 0.3 is 0 Å². The number of fused-ring (bicyclic) bond motifs is 1. The molecule has 0 aliphatic heterocycles. The van der Waals surface area contributed by atoms with Crippen molar-refractivity contribution in [3.8, 4) is 11.1 Å². The maximum Gasteiger partial charge on any atom is 0.138 e. The van der Waals surface area contributed by atoms with Crippen LogP contribution >= 0.6 is 11.3 Å². The standard InChI is InChI=1S/C23H24N4S/c1-3-21-26-22(20-15-16(2)28-23(20)27-21)25-12-4-5-17-6-8-18(9-7-17)19-10-13-24-14-11-19/h6-11,13-15H,3-5,12H2,1-2H3,(H,25,26,27). The summed E-state index contributed by atoms with van der Waals surface area (Å²) in [4.78, 5) is 15.8. The van der Waals surface area contributed by atoms with Crippen LogP contribution in [0, 0.1) is 6.92 Å². The van der Waals surface area contributed by atoms with Crippen molar-refractivity contribution in [2.75, 3.05) is 11.9 Å². The third-order valence-electron chi connectivity index (χ3n) is 4.78. The third-order valence-corrected chi connectivity index (χ3v) is 5.73. The second-order valence-corrected chi connectivity index (χ2v) is 8.12. The molecule has 1 aromatic carbocycles. The van der Waals surface area contributed by atoms with Crippen molar-refractivity contribution in [3.63, 3.8) is 0 Å². The number of rotatable bonds is 7. The van der Waals surface area contributed by atoms with E-state index in [9.17, 15) is 0 Å². The first kappa shape index (κ1) is 18.6. The van der Waals surface area contributed by atoms with E-state index in [1.807, 2.05) is 24.5 Å². The summed E-state index contributed by atoms with van der Waals surface area (Å²) in [6.07, 6.45) is 6.62. The second kappa shape index (κ2) is 8.48. The van der Waals surface area contributed by atoms with E-state index in [1.54, 1.807) is 11.3 Å². The van der Waals surface area contributed by atoms with Crippen LogP contribution in [0.15, 0.2) is 54.9 Å². The zero-order valence-corrected chi connectivity index (χ0v) is 17.1. The third kappa shape index (κ3) is 4.20. The Balaban J connectivity index is 1.36. The lowest BCUT2D eigenvalue weighted by Gasteiger charge is -2.09. The molecule has 0 bridgehead atoms. The van der Waals surface area contributed by atoms with Crippen molar-refractivity contribution >= 4 is 27.4 Å². The molecular weight excluding hydrogens is 364 g/mol. The maximum absolute atomic E-state index is 4.70. The number of thiophene rings is 1. The minimum atomic E-state index is 0.853. The molecule has 0 aliphatic carbocycles. The molecule has 142 valence electrons. The Hall–Kier alpha value is -2.79.